The largest absolute Gasteiger partial charge is 0.457 e. The fraction of sp³-hybridized carbons (Fsp3) is 0.115. The van der Waals surface area contributed by atoms with Crippen molar-refractivity contribution in [2.24, 2.45) is 0 Å². The zero-order valence-electron chi connectivity index (χ0n) is 36.2. The van der Waals surface area contributed by atoms with Crippen molar-refractivity contribution < 1.29 is 4.74 Å². The van der Waals surface area contributed by atoms with Gasteiger partial charge in [0.25, 0.3) is 0 Å². The molecule has 0 radical (unpaired) electrons. The Balaban J connectivity index is 0.923. The van der Waals surface area contributed by atoms with Crippen LogP contribution in [0, 0.1) is 0 Å². The predicted molar refractivity (Wildman–Crippen MR) is 265 cm³/mol. The maximum Gasteiger partial charge on any atom is 0.131 e. The van der Waals surface area contributed by atoms with E-state index >= 15 is 0 Å². The van der Waals surface area contributed by atoms with Gasteiger partial charge in [0.2, 0.25) is 0 Å². The Hall–Kier alpha value is -7.62. The second kappa shape index (κ2) is 16.6. The average molecular weight is 825 g/mol. The molecule has 6 aromatic carbocycles. The molecule has 0 amide bonds. The second-order valence-electron chi connectivity index (χ2n) is 17.6. The lowest BCUT2D eigenvalue weighted by molar-refractivity contribution is 0.418. The van der Waals surface area contributed by atoms with Crippen molar-refractivity contribution in [3.05, 3.63) is 235 Å². The van der Waals surface area contributed by atoms with Gasteiger partial charge >= 0.3 is 0 Å². The third kappa shape index (κ3) is 7.64. The van der Waals surface area contributed by atoms with Gasteiger partial charge in [-0.1, -0.05) is 166 Å². The molecule has 3 heterocycles. The summed E-state index contributed by atoms with van der Waals surface area (Å²) in [5.74, 6) is 2.05. The van der Waals surface area contributed by atoms with Gasteiger partial charge in [0.1, 0.15) is 11.5 Å². The SMILES string of the molecule is CC1(C)c2cc(-c3cccc(-c4cc(C5=CC=CCC5)nc(-c5ccccc5)c4)c3)ccc2Oc2ccc(-c3cccc(-c4cc(-c5ccccc5)nc(C5C=CC=CC5)c4)c3)cc21. The predicted octanol–water partition coefficient (Wildman–Crippen LogP) is 16.2. The summed E-state index contributed by atoms with van der Waals surface area (Å²) in [7, 11) is 0. The minimum Gasteiger partial charge on any atom is -0.457 e. The molecule has 64 heavy (non-hydrogen) atoms. The molecule has 8 aromatic rings. The summed E-state index contributed by atoms with van der Waals surface area (Å²) in [6.07, 6.45) is 18.3. The molecule has 0 fully saturated rings. The van der Waals surface area contributed by atoms with Crippen molar-refractivity contribution in [1.82, 2.24) is 9.97 Å². The molecule has 2 aromatic heterocycles. The van der Waals surface area contributed by atoms with E-state index in [1.807, 2.05) is 0 Å². The van der Waals surface area contributed by atoms with E-state index in [9.17, 15) is 0 Å². The minimum absolute atomic E-state index is 0.246. The van der Waals surface area contributed by atoms with Gasteiger partial charge in [0.15, 0.2) is 0 Å². The quantitative estimate of drug-likeness (QED) is 0.153. The molecule has 11 rings (SSSR count). The molecular formula is C61H48N2O. The summed E-state index contributed by atoms with van der Waals surface area (Å²) >= 11 is 0. The maximum absolute atomic E-state index is 6.70. The number of hydrogen-bond acceptors (Lipinski definition) is 3. The van der Waals surface area contributed by atoms with Crippen LogP contribution < -0.4 is 4.74 Å². The molecule has 0 saturated carbocycles. The normalized spacial score (nSPS) is 15.8. The summed E-state index contributed by atoms with van der Waals surface area (Å²) in [5.41, 5.74) is 19.0. The number of benzene rings is 6. The first kappa shape index (κ1) is 39.2. The Bertz CT molecular complexity index is 3190. The molecule has 2 aliphatic carbocycles. The van der Waals surface area contributed by atoms with Gasteiger partial charge in [-0.3, -0.25) is 4.98 Å². The van der Waals surface area contributed by atoms with E-state index in [-0.39, 0.29) is 11.3 Å². The summed E-state index contributed by atoms with van der Waals surface area (Å²) in [4.78, 5) is 10.4. The third-order valence-corrected chi connectivity index (χ3v) is 13.1. The molecule has 308 valence electrons. The standard InChI is InChI=1S/C61H48N2O/c1-61(2)53-35-49(45-25-15-27-47(33-45)51-37-55(41-17-7-3-8-18-41)62-56(38-51)42-19-9-4-10-20-42)29-31-59(53)64-60-32-30-50(36-54(60)61)46-26-16-28-48(34-46)52-39-57(43-21-11-5-12-22-43)63-58(40-52)44-23-13-6-14-24-44/h3-13,15-19,21-23,25-40,42H,14,20,24H2,1-2H3. The number of rotatable bonds is 8. The van der Waals surface area contributed by atoms with Crippen LogP contribution in [0.3, 0.4) is 0 Å². The molecule has 1 atom stereocenters. The lowest BCUT2D eigenvalue weighted by Gasteiger charge is -2.35. The van der Waals surface area contributed by atoms with Crippen LogP contribution in [0.5, 0.6) is 11.5 Å². The van der Waals surface area contributed by atoms with E-state index in [0.717, 1.165) is 92.5 Å². The Labute approximate surface area is 376 Å². The first-order chi connectivity index (χ1) is 31.4. The second-order valence-corrected chi connectivity index (χ2v) is 17.6. The van der Waals surface area contributed by atoms with Crippen molar-refractivity contribution in [3.8, 4) is 78.5 Å². The number of ether oxygens (including phenoxy) is 1. The zero-order valence-corrected chi connectivity index (χ0v) is 36.2. The van der Waals surface area contributed by atoms with Crippen LogP contribution in [-0.4, -0.2) is 9.97 Å². The number of nitrogens with zero attached hydrogens (tertiary/aromatic N) is 2. The highest BCUT2D eigenvalue weighted by molar-refractivity contribution is 5.81. The molecule has 0 bridgehead atoms. The number of allylic oxidation sites excluding steroid dienone is 8. The highest BCUT2D eigenvalue weighted by Gasteiger charge is 2.35. The van der Waals surface area contributed by atoms with E-state index in [4.69, 9.17) is 14.7 Å². The molecule has 0 spiro atoms. The van der Waals surface area contributed by atoms with Gasteiger partial charge < -0.3 is 4.74 Å². The van der Waals surface area contributed by atoms with Gasteiger partial charge in [0, 0.05) is 39.3 Å². The summed E-state index contributed by atoms with van der Waals surface area (Å²) in [6.45, 7) is 4.65. The molecule has 3 heteroatoms. The maximum atomic E-state index is 6.70. The molecule has 1 aliphatic heterocycles. The first-order valence-corrected chi connectivity index (χ1v) is 22.5. The fourth-order valence-corrected chi connectivity index (χ4v) is 9.49. The van der Waals surface area contributed by atoms with Gasteiger partial charge in [-0.25, -0.2) is 4.98 Å². The van der Waals surface area contributed by atoms with Crippen molar-refractivity contribution in [2.75, 3.05) is 0 Å². The first-order valence-electron chi connectivity index (χ1n) is 22.5. The molecule has 3 nitrogen and oxygen atoms in total. The molecular weight excluding hydrogens is 777 g/mol. The van der Waals surface area contributed by atoms with Crippen molar-refractivity contribution in [1.29, 1.82) is 0 Å². The van der Waals surface area contributed by atoms with E-state index in [2.05, 4.69) is 226 Å². The van der Waals surface area contributed by atoms with Crippen LogP contribution in [-0.2, 0) is 5.41 Å². The van der Waals surface area contributed by atoms with Crippen LogP contribution in [0.2, 0.25) is 0 Å². The minimum atomic E-state index is -0.316. The van der Waals surface area contributed by atoms with Crippen LogP contribution in [0.15, 0.2) is 212 Å². The van der Waals surface area contributed by atoms with E-state index in [0.29, 0.717) is 0 Å². The van der Waals surface area contributed by atoms with Crippen LogP contribution in [0.1, 0.15) is 61.5 Å². The van der Waals surface area contributed by atoms with Crippen LogP contribution in [0.25, 0.3) is 72.6 Å². The van der Waals surface area contributed by atoms with Gasteiger partial charge in [-0.15, -0.1) is 0 Å². The van der Waals surface area contributed by atoms with Gasteiger partial charge in [0.05, 0.1) is 17.1 Å². The molecule has 0 saturated heterocycles. The Morgan fingerprint density at radius 2 is 0.984 bits per heavy atom. The lowest BCUT2D eigenvalue weighted by Crippen LogP contribution is -2.24. The number of hydrogen-bond donors (Lipinski definition) is 0. The highest BCUT2D eigenvalue weighted by Crippen LogP contribution is 2.50. The lowest BCUT2D eigenvalue weighted by atomic mass is 9.74. The number of pyridine rings is 2. The number of fused-ring (bicyclic) bond motifs is 2. The molecule has 0 N–H and O–H groups in total. The van der Waals surface area contributed by atoms with Gasteiger partial charge in [-0.05, 0) is 130 Å². The van der Waals surface area contributed by atoms with E-state index in [1.165, 1.54) is 33.4 Å². The topological polar surface area (TPSA) is 35.0 Å². The Kier molecular flexibility index (Phi) is 10.2. The zero-order chi connectivity index (χ0) is 43.0. The fourth-order valence-electron chi connectivity index (χ4n) is 9.49. The van der Waals surface area contributed by atoms with Crippen molar-refractivity contribution in [3.63, 3.8) is 0 Å². The van der Waals surface area contributed by atoms with Crippen LogP contribution >= 0.6 is 0 Å². The number of aromatic nitrogens is 2. The van der Waals surface area contributed by atoms with E-state index in [1.54, 1.807) is 0 Å². The molecule has 3 aliphatic rings. The van der Waals surface area contributed by atoms with Crippen molar-refractivity contribution in [2.45, 2.75) is 44.4 Å². The third-order valence-electron chi connectivity index (χ3n) is 13.1. The Morgan fingerprint density at radius 3 is 1.55 bits per heavy atom. The summed E-state index contributed by atoms with van der Waals surface area (Å²) in [6, 6.07) is 61.2. The van der Waals surface area contributed by atoms with Gasteiger partial charge in [-0.2, -0.15) is 0 Å². The summed E-state index contributed by atoms with van der Waals surface area (Å²) < 4.78 is 6.70. The summed E-state index contributed by atoms with van der Waals surface area (Å²) in [5, 5.41) is 0. The Morgan fingerprint density at radius 1 is 0.453 bits per heavy atom. The average Bonchev–Trinajstić information content (AvgIpc) is 3.37. The smallest absolute Gasteiger partial charge is 0.131 e. The monoisotopic (exact) mass is 824 g/mol. The van der Waals surface area contributed by atoms with E-state index < -0.39 is 0 Å². The van der Waals surface area contributed by atoms with Crippen molar-refractivity contribution >= 4 is 5.57 Å². The highest BCUT2D eigenvalue weighted by atomic mass is 16.5. The van der Waals surface area contributed by atoms with Crippen LogP contribution in [0.4, 0.5) is 0 Å². The molecule has 1 unspecified atom stereocenters.